The minimum Gasteiger partial charge on any atom is -0.330 e. The van der Waals surface area contributed by atoms with E-state index in [1.165, 1.54) is 42.7 Å². The zero-order chi connectivity index (χ0) is 20.1. The van der Waals surface area contributed by atoms with Gasteiger partial charge in [-0.25, -0.2) is 0 Å². The molecule has 0 saturated heterocycles. The van der Waals surface area contributed by atoms with Gasteiger partial charge in [0.25, 0.3) is 0 Å². The molecule has 27 heavy (non-hydrogen) atoms. The van der Waals surface area contributed by atoms with Crippen molar-refractivity contribution in [1.29, 1.82) is 0 Å². The predicted molar refractivity (Wildman–Crippen MR) is 126 cm³/mol. The van der Waals surface area contributed by atoms with Crippen LogP contribution in [0.25, 0.3) is 0 Å². The highest BCUT2D eigenvalue weighted by Gasteiger charge is 2.44. The second-order valence-corrected chi connectivity index (χ2v) is 13.0. The first-order valence-electron chi connectivity index (χ1n) is 10.6. The summed E-state index contributed by atoms with van der Waals surface area (Å²) < 4.78 is 0. The Bertz CT molecular complexity index is 537. The molecule has 0 atom stereocenters. The maximum atomic E-state index is 5.21. The summed E-state index contributed by atoms with van der Waals surface area (Å²) in [5.74, 6) is 0. The summed E-state index contributed by atoms with van der Waals surface area (Å²) >= 11 is 0. The molecule has 2 aromatic carbocycles. The summed E-state index contributed by atoms with van der Waals surface area (Å²) in [6.07, 6.45) is 6.28. The molecule has 0 unspecified atom stereocenters. The molecule has 0 bridgehead atoms. The van der Waals surface area contributed by atoms with Gasteiger partial charge < -0.3 is 5.73 Å². The van der Waals surface area contributed by atoms with Crippen LogP contribution in [0.3, 0.4) is 0 Å². The van der Waals surface area contributed by atoms with Gasteiger partial charge in [-0.1, -0.05) is 80.4 Å². The Morgan fingerprint density at radius 2 is 1.11 bits per heavy atom. The molecule has 0 fully saturated rings. The van der Waals surface area contributed by atoms with Crippen LogP contribution in [-0.4, -0.2) is 17.9 Å². The van der Waals surface area contributed by atoms with Gasteiger partial charge in [-0.15, -0.1) is 0 Å². The van der Waals surface area contributed by atoms with Crippen LogP contribution in [0.4, 0.5) is 0 Å². The van der Waals surface area contributed by atoms with Crippen molar-refractivity contribution >= 4 is 7.26 Å². The van der Waals surface area contributed by atoms with Crippen LogP contribution in [-0.2, 0) is 12.3 Å². The SMILES string of the molecule is CC(C)[P+](Cc1ccccc1)(Cc1ccccc1)C(C)C.CCCCCN. The fourth-order valence-electron chi connectivity index (χ4n) is 3.62. The van der Waals surface area contributed by atoms with Gasteiger partial charge in [0.2, 0.25) is 0 Å². The molecule has 0 aliphatic heterocycles. The maximum Gasteiger partial charge on any atom is 0.0851 e. The number of nitrogens with two attached hydrogens (primary N) is 1. The van der Waals surface area contributed by atoms with E-state index in [4.69, 9.17) is 5.73 Å². The number of rotatable bonds is 9. The van der Waals surface area contributed by atoms with E-state index >= 15 is 0 Å². The monoisotopic (exact) mass is 386 g/mol. The van der Waals surface area contributed by atoms with Crippen molar-refractivity contribution in [2.45, 2.75) is 77.5 Å². The molecule has 2 N–H and O–H groups in total. The van der Waals surface area contributed by atoms with Gasteiger partial charge in [0.05, 0.1) is 23.6 Å². The van der Waals surface area contributed by atoms with Gasteiger partial charge in [0, 0.05) is 7.26 Å². The topological polar surface area (TPSA) is 26.0 Å². The zero-order valence-electron chi connectivity index (χ0n) is 18.2. The second-order valence-electron chi connectivity index (χ2n) is 8.07. The van der Waals surface area contributed by atoms with Crippen LogP contribution in [0.1, 0.15) is 65.0 Å². The number of hydrogen-bond donors (Lipinski definition) is 1. The summed E-state index contributed by atoms with van der Waals surface area (Å²) in [5, 5.41) is 0. The summed E-state index contributed by atoms with van der Waals surface area (Å²) in [6.45, 7) is 12.8. The van der Waals surface area contributed by atoms with E-state index < -0.39 is 7.26 Å². The molecule has 0 aliphatic rings. The van der Waals surface area contributed by atoms with Crippen LogP contribution in [0.15, 0.2) is 60.7 Å². The van der Waals surface area contributed by atoms with Gasteiger partial charge in [-0.3, -0.25) is 0 Å². The van der Waals surface area contributed by atoms with Crippen molar-refractivity contribution in [2.75, 3.05) is 6.54 Å². The van der Waals surface area contributed by atoms with Crippen molar-refractivity contribution in [3.8, 4) is 0 Å². The number of hydrogen-bond acceptors (Lipinski definition) is 1. The number of unbranched alkanes of at least 4 members (excludes halogenated alkanes) is 2. The highest BCUT2D eigenvalue weighted by molar-refractivity contribution is 7.75. The normalized spacial score (nSPS) is 11.4. The lowest BCUT2D eigenvalue weighted by atomic mass is 10.2. The van der Waals surface area contributed by atoms with Crippen molar-refractivity contribution in [3.63, 3.8) is 0 Å². The standard InChI is InChI=1S/C20H28P.C5H13N/c1-17(2)21(18(3)4,15-19-11-7-5-8-12-19)16-20-13-9-6-10-14-20;1-2-3-4-5-6/h5-14,17-18H,15-16H2,1-4H3;2-6H2,1H3/q+1;. The molecule has 0 aliphatic carbocycles. The highest BCUT2D eigenvalue weighted by Crippen LogP contribution is 2.70. The molecule has 2 rings (SSSR count). The van der Waals surface area contributed by atoms with E-state index in [9.17, 15) is 0 Å². The average Bonchev–Trinajstić information content (AvgIpc) is 2.67. The molecule has 150 valence electrons. The predicted octanol–water partition coefficient (Wildman–Crippen LogP) is 7.36. The summed E-state index contributed by atoms with van der Waals surface area (Å²) in [6, 6.07) is 22.1. The maximum absolute atomic E-state index is 5.21. The van der Waals surface area contributed by atoms with Crippen molar-refractivity contribution in [2.24, 2.45) is 5.73 Å². The molecule has 0 heterocycles. The number of benzene rings is 2. The van der Waals surface area contributed by atoms with Gasteiger partial charge in [-0.2, -0.15) is 0 Å². The van der Waals surface area contributed by atoms with Gasteiger partial charge in [0.15, 0.2) is 0 Å². The molecule has 0 aromatic heterocycles. The third kappa shape index (κ3) is 8.16. The Hall–Kier alpha value is -1.17. The first kappa shape index (κ1) is 23.9. The van der Waals surface area contributed by atoms with Crippen LogP contribution < -0.4 is 5.73 Å². The van der Waals surface area contributed by atoms with Crippen molar-refractivity contribution in [1.82, 2.24) is 0 Å². The van der Waals surface area contributed by atoms with Gasteiger partial charge in [0.1, 0.15) is 0 Å². The molecule has 0 saturated carbocycles. The third-order valence-corrected chi connectivity index (χ3v) is 11.5. The van der Waals surface area contributed by atoms with E-state index in [1.54, 1.807) is 0 Å². The van der Waals surface area contributed by atoms with Crippen molar-refractivity contribution < 1.29 is 0 Å². The minimum absolute atomic E-state index is 0.762. The van der Waals surface area contributed by atoms with Gasteiger partial charge >= 0.3 is 0 Å². The molecule has 0 radical (unpaired) electrons. The summed E-state index contributed by atoms with van der Waals surface area (Å²) in [5.41, 5.74) is 9.75. The van der Waals surface area contributed by atoms with E-state index in [1.807, 2.05) is 0 Å². The highest BCUT2D eigenvalue weighted by atomic mass is 31.2. The molecular weight excluding hydrogens is 345 g/mol. The van der Waals surface area contributed by atoms with E-state index in [-0.39, 0.29) is 0 Å². The minimum atomic E-state index is -1.08. The molecule has 2 heteroatoms. The van der Waals surface area contributed by atoms with E-state index in [0.29, 0.717) is 0 Å². The quantitative estimate of drug-likeness (QED) is 0.354. The van der Waals surface area contributed by atoms with Gasteiger partial charge in [-0.05, 0) is 51.8 Å². The van der Waals surface area contributed by atoms with Crippen LogP contribution >= 0.6 is 7.26 Å². The Morgan fingerprint density at radius 3 is 1.37 bits per heavy atom. The molecule has 2 aromatic rings. The fourth-order valence-corrected chi connectivity index (χ4v) is 8.17. The lowest BCUT2D eigenvalue weighted by molar-refractivity contribution is 0.727. The molecular formula is C25H41NP+. The molecule has 0 amide bonds. The lowest BCUT2D eigenvalue weighted by Crippen LogP contribution is -2.19. The van der Waals surface area contributed by atoms with E-state index in [2.05, 4.69) is 95.3 Å². The Morgan fingerprint density at radius 1 is 0.704 bits per heavy atom. The second kappa shape index (κ2) is 13.1. The lowest BCUT2D eigenvalue weighted by Gasteiger charge is -2.35. The van der Waals surface area contributed by atoms with Crippen LogP contribution in [0, 0.1) is 0 Å². The first-order valence-corrected chi connectivity index (χ1v) is 12.9. The Labute approximate surface area is 169 Å². The fraction of sp³-hybridized carbons (Fsp3) is 0.520. The first-order chi connectivity index (χ1) is 13.0. The van der Waals surface area contributed by atoms with Crippen LogP contribution in [0.5, 0.6) is 0 Å². The molecule has 0 spiro atoms. The smallest absolute Gasteiger partial charge is 0.0851 e. The van der Waals surface area contributed by atoms with E-state index in [0.717, 1.165) is 17.9 Å². The third-order valence-electron chi connectivity index (χ3n) is 5.50. The van der Waals surface area contributed by atoms with Crippen molar-refractivity contribution in [3.05, 3.63) is 71.8 Å². The average molecular weight is 387 g/mol. The Balaban J connectivity index is 0.000000527. The summed E-state index contributed by atoms with van der Waals surface area (Å²) in [4.78, 5) is 0. The van der Waals surface area contributed by atoms with Crippen LogP contribution in [0.2, 0.25) is 0 Å². The molecule has 1 nitrogen and oxygen atoms in total. The largest absolute Gasteiger partial charge is 0.330 e. The summed E-state index contributed by atoms with van der Waals surface area (Å²) in [7, 11) is -1.08. The zero-order valence-corrected chi connectivity index (χ0v) is 19.1. The Kier molecular flexibility index (Phi) is 11.6.